The van der Waals surface area contributed by atoms with E-state index in [2.05, 4.69) is 31.6 Å². The second-order valence-electron chi connectivity index (χ2n) is 15.2. The van der Waals surface area contributed by atoms with E-state index in [9.17, 15) is 23.2 Å². The zero-order chi connectivity index (χ0) is 41.0. The summed E-state index contributed by atoms with van der Waals surface area (Å²) < 4.78 is 41.0. The molecule has 1 aliphatic carbocycles. The number of amides is 2. The molecular weight excluding hydrogens is 772 g/mol. The number of benzene rings is 2. The zero-order valence-corrected chi connectivity index (χ0v) is 33.6. The van der Waals surface area contributed by atoms with Gasteiger partial charge in [0.2, 0.25) is 5.88 Å². The summed E-state index contributed by atoms with van der Waals surface area (Å²) in [5, 5.41) is 6.76. The molecule has 2 aliphatic heterocycles. The van der Waals surface area contributed by atoms with Crippen molar-refractivity contribution in [3.05, 3.63) is 90.8 Å². The van der Waals surface area contributed by atoms with Crippen molar-refractivity contribution in [3.63, 3.8) is 0 Å². The van der Waals surface area contributed by atoms with Crippen LogP contribution >= 0.6 is 11.6 Å². The Morgan fingerprint density at radius 3 is 2.48 bits per heavy atom. The Kier molecular flexibility index (Phi) is 10.4. The number of aromatic nitrogens is 5. The number of carbonyl (C=O) groups is 1. The van der Waals surface area contributed by atoms with Crippen molar-refractivity contribution in [2.75, 3.05) is 52.3 Å². The topological polar surface area (TPSA) is 149 Å². The molecule has 0 saturated carbocycles. The van der Waals surface area contributed by atoms with Gasteiger partial charge in [0.1, 0.15) is 11.2 Å². The number of pyridine rings is 1. The van der Waals surface area contributed by atoms with E-state index in [1.807, 2.05) is 36.1 Å². The van der Waals surface area contributed by atoms with Gasteiger partial charge in [0.25, 0.3) is 12.0 Å². The van der Waals surface area contributed by atoms with E-state index >= 15 is 0 Å². The number of hydrogen-bond donors (Lipinski definition) is 2. The number of fused-ring (bicyclic) bond motifs is 2. The molecule has 1 spiro atoms. The van der Waals surface area contributed by atoms with Gasteiger partial charge in [-0.1, -0.05) is 41.9 Å². The molecule has 8 rings (SSSR count). The maximum Gasteiger partial charge on any atom is 0.332 e. The van der Waals surface area contributed by atoms with Crippen LogP contribution in [0.5, 0.6) is 5.88 Å². The predicted molar refractivity (Wildman–Crippen MR) is 216 cm³/mol. The fourth-order valence-electron chi connectivity index (χ4n) is 8.74. The second-order valence-corrected chi connectivity index (χ2v) is 15.6. The van der Waals surface area contributed by atoms with Crippen molar-refractivity contribution in [3.8, 4) is 28.3 Å². The van der Waals surface area contributed by atoms with Gasteiger partial charge in [-0.2, -0.15) is 0 Å². The molecule has 5 aromatic rings. The summed E-state index contributed by atoms with van der Waals surface area (Å²) in [6.45, 7) is 5.23. The summed E-state index contributed by atoms with van der Waals surface area (Å²) in [6.07, 6.45) is 0.433. The number of hydrogen-bond acceptors (Lipinski definition) is 10. The number of aryl methyl sites for hydroxylation is 2. The third-order valence-corrected chi connectivity index (χ3v) is 12.3. The molecule has 2 unspecified atom stereocenters. The first kappa shape index (κ1) is 39.4. The van der Waals surface area contributed by atoms with Gasteiger partial charge in [-0.3, -0.25) is 18.8 Å². The highest BCUT2D eigenvalue weighted by molar-refractivity contribution is 6.36. The molecule has 2 aromatic carbocycles. The SMILES string of the molecule is COCCN1CCC2(CCN(C3CCc4cc(-c5cccc(-c6cccc(Nc7nc(C(F)F)nc8c7c(=O)n(C)c(=O)n8C)c6C)c5Cl)nc(OC)c43)C2)NC1=O. The van der Waals surface area contributed by atoms with Crippen LogP contribution in [0.3, 0.4) is 0 Å². The smallest absolute Gasteiger partial charge is 0.332 e. The lowest BCUT2D eigenvalue weighted by Crippen LogP contribution is -2.61. The van der Waals surface area contributed by atoms with E-state index in [0.29, 0.717) is 58.7 Å². The molecule has 17 heteroatoms. The molecule has 2 atom stereocenters. The number of nitrogens with zero attached hydrogens (tertiary/aromatic N) is 7. The van der Waals surface area contributed by atoms with E-state index in [0.717, 1.165) is 64.6 Å². The lowest BCUT2D eigenvalue weighted by atomic mass is 9.92. The van der Waals surface area contributed by atoms with E-state index in [-0.39, 0.29) is 34.5 Å². The Balaban J connectivity index is 1.09. The normalized spacial score (nSPS) is 19.4. The number of rotatable bonds is 10. The molecule has 2 amide bonds. The molecule has 3 aliphatic rings. The summed E-state index contributed by atoms with van der Waals surface area (Å²) in [5.74, 6) is -0.428. The standard InChI is InChI=1S/C41H44ClF2N9O5/c1-22-24(8-7-11-27(22)45-34-31-36(48-35(47-34)33(43)44)50(2)40(56)51(3)38(31)54)25-9-6-10-26(32(25)42)28-20-23-12-13-29(30(23)37(46-28)58-5)53-17-15-41(21-53)14-16-52(18-19-57-4)39(55)49-41/h6-11,20,29,33H,12-19,21H2,1-5H3,(H,49,55)(H,45,47,48). The Hall–Kier alpha value is -5.45. The average molecular weight is 816 g/mol. The first-order valence-electron chi connectivity index (χ1n) is 19.1. The molecule has 2 fully saturated rings. The number of urea groups is 1. The van der Waals surface area contributed by atoms with Crippen LogP contribution in [0.1, 0.15) is 54.2 Å². The van der Waals surface area contributed by atoms with Crippen molar-refractivity contribution < 1.29 is 23.0 Å². The number of methoxy groups -OCH3 is 2. The number of ether oxygens (including phenoxy) is 2. The van der Waals surface area contributed by atoms with Gasteiger partial charge in [0.05, 0.1) is 30.0 Å². The lowest BCUT2D eigenvalue weighted by Gasteiger charge is -2.40. The molecule has 304 valence electrons. The van der Waals surface area contributed by atoms with Crippen molar-refractivity contribution in [2.24, 2.45) is 14.1 Å². The number of carbonyl (C=O) groups excluding carboxylic acids is 1. The summed E-state index contributed by atoms with van der Waals surface area (Å²) in [7, 11) is 5.93. The number of likely N-dealkylation sites (tertiary alicyclic amines) is 1. The van der Waals surface area contributed by atoms with Crippen LogP contribution in [0.2, 0.25) is 5.02 Å². The Morgan fingerprint density at radius 2 is 1.74 bits per heavy atom. The number of halogens is 3. The quantitative estimate of drug-likeness (QED) is 0.175. The molecule has 0 radical (unpaired) electrons. The monoisotopic (exact) mass is 815 g/mol. The minimum Gasteiger partial charge on any atom is -0.481 e. The molecular formula is C41H44ClF2N9O5. The minimum atomic E-state index is -3.05. The van der Waals surface area contributed by atoms with Gasteiger partial charge < -0.3 is 25.0 Å². The van der Waals surface area contributed by atoms with Crippen LogP contribution in [-0.4, -0.2) is 92.5 Å². The van der Waals surface area contributed by atoms with Crippen molar-refractivity contribution in [1.82, 2.24) is 39.2 Å². The molecule has 2 saturated heterocycles. The number of nitrogens with one attached hydrogen (secondary N) is 2. The first-order chi connectivity index (χ1) is 27.8. The van der Waals surface area contributed by atoms with Gasteiger partial charge in [0.15, 0.2) is 11.5 Å². The summed E-state index contributed by atoms with van der Waals surface area (Å²) in [6, 6.07) is 13.3. The predicted octanol–water partition coefficient (Wildman–Crippen LogP) is 5.90. The van der Waals surface area contributed by atoms with Gasteiger partial charge in [0, 0.05) is 75.8 Å². The Bertz CT molecular complexity index is 2580. The third-order valence-electron chi connectivity index (χ3n) is 11.9. The van der Waals surface area contributed by atoms with Crippen LogP contribution in [0, 0.1) is 6.92 Å². The highest BCUT2D eigenvalue weighted by Gasteiger charge is 2.46. The van der Waals surface area contributed by atoms with Crippen LogP contribution in [-0.2, 0) is 25.3 Å². The molecule has 14 nitrogen and oxygen atoms in total. The van der Waals surface area contributed by atoms with Crippen molar-refractivity contribution in [2.45, 2.75) is 50.6 Å². The fraction of sp³-hybridized carbons (Fsp3) is 0.415. The summed E-state index contributed by atoms with van der Waals surface area (Å²) in [4.78, 5) is 56.1. The third kappa shape index (κ3) is 6.75. The number of anilines is 2. The highest BCUT2D eigenvalue weighted by Crippen LogP contribution is 2.47. The van der Waals surface area contributed by atoms with Crippen molar-refractivity contribution >= 4 is 40.2 Å². The molecule has 3 aromatic heterocycles. The van der Waals surface area contributed by atoms with E-state index in [1.165, 1.54) is 14.1 Å². The maximum atomic E-state index is 14.0. The van der Waals surface area contributed by atoms with Gasteiger partial charge in [-0.05, 0) is 61.4 Å². The second kappa shape index (κ2) is 15.4. The maximum absolute atomic E-state index is 14.0. The van der Waals surface area contributed by atoms with Gasteiger partial charge in [-0.25, -0.2) is 33.3 Å². The molecule has 58 heavy (non-hydrogen) atoms. The van der Waals surface area contributed by atoms with Crippen molar-refractivity contribution in [1.29, 1.82) is 0 Å². The van der Waals surface area contributed by atoms with E-state index < -0.39 is 23.5 Å². The van der Waals surface area contributed by atoms with E-state index in [4.69, 9.17) is 26.1 Å². The van der Waals surface area contributed by atoms with Gasteiger partial charge in [-0.15, -0.1) is 0 Å². The highest BCUT2D eigenvalue weighted by atomic mass is 35.5. The summed E-state index contributed by atoms with van der Waals surface area (Å²) in [5.41, 5.74) is 4.32. The largest absolute Gasteiger partial charge is 0.481 e. The average Bonchev–Trinajstić information content (AvgIpc) is 3.83. The minimum absolute atomic E-state index is 0.0396. The molecule has 5 heterocycles. The van der Waals surface area contributed by atoms with Crippen LogP contribution in [0.15, 0.2) is 52.1 Å². The fourth-order valence-corrected chi connectivity index (χ4v) is 9.07. The summed E-state index contributed by atoms with van der Waals surface area (Å²) >= 11 is 7.24. The Labute approximate surface area is 337 Å². The zero-order valence-electron chi connectivity index (χ0n) is 32.9. The Morgan fingerprint density at radius 1 is 1.00 bits per heavy atom. The number of alkyl halides is 2. The van der Waals surface area contributed by atoms with Crippen LogP contribution in [0.25, 0.3) is 33.4 Å². The van der Waals surface area contributed by atoms with Gasteiger partial charge >= 0.3 is 11.7 Å². The molecule has 2 N–H and O–H groups in total. The van der Waals surface area contributed by atoms with Crippen LogP contribution in [0.4, 0.5) is 25.1 Å². The lowest BCUT2D eigenvalue weighted by molar-refractivity contribution is 0.114. The molecule has 0 bridgehead atoms. The van der Waals surface area contributed by atoms with E-state index in [1.54, 1.807) is 26.4 Å². The first-order valence-corrected chi connectivity index (χ1v) is 19.5. The van der Waals surface area contributed by atoms with Crippen LogP contribution < -0.4 is 26.6 Å².